The Bertz CT molecular complexity index is 822. The van der Waals surface area contributed by atoms with Gasteiger partial charge in [0.25, 0.3) is 10.0 Å². The number of sulfonamides is 1. The standard InChI is InChI=1S/C14H12FN3O2S/c1-9-3-2-4-13(17)14(9)18-21(19,20)11-5-6-12(15)10(7-11)8-16/h2-7,18H,17H2,1H3. The molecule has 21 heavy (non-hydrogen) atoms. The molecule has 0 aliphatic heterocycles. The summed E-state index contributed by atoms with van der Waals surface area (Å²) in [5.74, 6) is -0.771. The van der Waals surface area contributed by atoms with Crippen LogP contribution in [0.2, 0.25) is 0 Å². The van der Waals surface area contributed by atoms with Gasteiger partial charge in [-0.2, -0.15) is 5.26 Å². The van der Waals surface area contributed by atoms with Crippen molar-refractivity contribution in [3.05, 3.63) is 53.3 Å². The van der Waals surface area contributed by atoms with Gasteiger partial charge in [0.2, 0.25) is 0 Å². The van der Waals surface area contributed by atoms with E-state index in [1.54, 1.807) is 31.2 Å². The number of para-hydroxylation sites is 1. The first kappa shape index (κ1) is 14.8. The number of nitrogens with one attached hydrogen (secondary N) is 1. The van der Waals surface area contributed by atoms with E-state index in [1.165, 1.54) is 0 Å². The molecule has 2 aromatic carbocycles. The van der Waals surface area contributed by atoms with E-state index >= 15 is 0 Å². The highest BCUT2D eigenvalue weighted by Gasteiger charge is 2.18. The van der Waals surface area contributed by atoms with Crippen LogP contribution in [0, 0.1) is 24.1 Å². The van der Waals surface area contributed by atoms with E-state index < -0.39 is 15.8 Å². The lowest BCUT2D eigenvalue weighted by atomic mass is 10.2. The molecular weight excluding hydrogens is 293 g/mol. The van der Waals surface area contributed by atoms with Crippen LogP contribution in [0.4, 0.5) is 15.8 Å². The maximum atomic E-state index is 13.3. The van der Waals surface area contributed by atoms with Crippen LogP contribution >= 0.6 is 0 Å². The number of aryl methyl sites for hydroxylation is 1. The van der Waals surface area contributed by atoms with Crippen molar-refractivity contribution in [2.24, 2.45) is 0 Å². The normalized spacial score (nSPS) is 10.9. The predicted octanol–water partition coefficient (Wildman–Crippen LogP) is 2.39. The minimum atomic E-state index is -3.96. The van der Waals surface area contributed by atoms with Crippen molar-refractivity contribution in [3.63, 3.8) is 0 Å². The highest BCUT2D eigenvalue weighted by molar-refractivity contribution is 7.92. The fourth-order valence-electron chi connectivity index (χ4n) is 1.78. The average molecular weight is 305 g/mol. The molecule has 2 aromatic rings. The molecule has 2 rings (SSSR count). The summed E-state index contributed by atoms with van der Waals surface area (Å²) < 4.78 is 40.2. The third-order valence-electron chi connectivity index (χ3n) is 2.91. The maximum absolute atomic E-state index is 13.3. The number of rotatable bonds is 3. The molecule has 5 nitrogen and oxygen atoms in total. The molecule has 0 spiro atoms. The number of nitrogens with two attached hydrogens (primary N) is 1. The number of anilines is 2. The summed E-state index contributed by atoms with van der Waals surface area (Å²) in [6.45, 7) is 1.71. The van der Waals surface area contributed by atoms with E-state index in [9.17, 15) is 12.8 Å². The van der Waals surface area contributed by atoms with Crippen molar-refractivity contribution in [3.8, 4) is 6.07 Å². The lowest BCUT2D eigenvalue weighted by Gasteiger charge is -2.13. The van der Waals surface area contributed by atoms with E-state index in [4.69, 9.17) is 11.0 Å². The largest absolute Gasteiger partial charge is 0.397 e. The zero-order valence-electron chi connectivity index (χ0n) is 11.1. The number of nitrogen functional groups attached to an aromatic ring is 1. The predicted molar refractivity (Wildman–Crippen MR) is 77.5 cm³/mol. The molecule has 0 bridgehead atoms. The van der Waals surface area contributed by atoms with Gasteiger partial charge >= 0.3 is 0 Å². The molecule has 0 heterocycles. The summed E-state index contributed by atoms with van der Waals surface area (Å²) in [4.78, 5) is -0.205. The number of hydrogen-bond acceptors (Lipinski definition) is 4. The third kappa shape index (κ3) is 2.95. The van der Waals surface area contributed by atoms with Gasteiger partial charge in [-0.3, -0.25) is 4.72 Å². The Morgan fingerprint density at radius 1 is 1.29 bits per heavy atom. The monoisotopic (exact) mass is 305 g/mol. The Labute approximate surface area is 121 Å². The second-order valence-electron chi connectivity index (χ2n) is 4.40. The van der Waals surface area contributed by atoms with E-state index in [2.05, 4.69) is 4.72 Å². The number of nitriles is 1. The van der Waals surface area contributed by atoms with Crippen molar-refractivity contribution in [2.75, 3.05) is 10.5 Å². The minimum absolute atomic E-state index is 0.205. The van der Waals surface area contributed by atoms with Crippen LogP contribution in [-0.4, -0.2) is 8.42 Å². The molecule has 0 saturated heterocycles. The van der Waals surface area contributed by atoms with Crippen LogP contribution in [-0.2, 0) is 10.0 Å². The fraction of sp³-hybridized carbons (Fsp3) is 0.0714. The van der Waals surface area contributed by atoms with E-state index in [0.29, 0.717) is 5.56 Å². The van der Waals surface area contributed by atoms with Gasteiger partial charge in [0.05, 0.1) is 21.8 Å². The molecule has 0 aromatic heterocycles. The number of nitrogens with zero attached hydrogens (tertiary/aromatic N) is 1. The molecule has 108 valence electrons. The lowest BCUT2D eigenvalue weighted by Crippen LogP contribution is -2.15. The zero-order chi connectivity index (χ0) is 15.6. The van der Waals surface area contributed by atoms with Gasteiger partial charge in [-0.15, -0.1) is 0 Å². The molecule has 7 heteroatoms. The van der Waals surface area contributed by atoms with E-state index in [-0.39, 0.29) is 21.8 Å². The first-order valence-electron chi connectivity index (χ1n) is 5.92. The summed E-state index contributed by atoms with van der Waals surface area (Å²) in [6, 6.07) is 9.59. The molecular formula is C14H12FN3O2S. The topological polar surface area (TPSA) is 96.0 Å². The molecule has 0 radical (unpaired) electrons. The molecule has 0 amide bonds. The van der Waals surface area contributed by atoms with Crippen LogP contribution < -0.4 is 10.5 Å². The van der Waals surface area contributed by atoms with Gasteiger partial charge in [-0.1, -0.05) is 12.1 Å². The first-order chi connectivity index (χ1) is 9.85. The highest BCUT2D eigenvalue weighted by Crippen LogP contribution is 2.26. The quantitative estimate of drug-likeness (QED) is 0.851. The first-order valence-corrected chi connectivity index (χ1v) is 7.41. The second-order valence-corrected chi connectivity index (χ2v) is 6.08. The van der Waals surface area contributed by atoms with Crippen molar-refractivity contribution in [1.29, 1.82) is 5.26 Å². The SMILES string of the molecule is Cc1cccc(N)c1NS(=O)(=O)c1ccc(F)c(C#N)c1. The van der Waals surface area contributed by atoms with Gasteiger partial charge in [0.15, 0.2) is 0 Å². The van der Waals surface area contributed by atoms with Crippen molar-refractivity contribution < 1.29 is 12.8 Å². The Balaban J connectivity index is 2.47. The van der Waals surface area contributed by atoms with Gasteiger partial charge in [-0.25, -0.2) is 12.8 Å². The van der Waals surface area contributed by atoms with Gasteiger partial charge < -0.3 is 5.73 Å². The molecule has 0 aliphatic carbocycles. The number of hydrogen-bond donors (Lipinski definition) is 2. The third-order valence-corrected chi connectivity index (χ3v) is 4.26. The van der Waals surface area contributed by atoms with Crippen molar-refractivity contribution in [2.45, 2.75) is 11.8 Å². The van der Waals surface area contributed by atoms with Crippen LogP contribution in [0.3, 0.4) is 0 Å². The summed E-state index contributed by atoms with van der Waals surface area (Å²) >= 11 is 0. The van der Waals surface area contributed by atoms with Gasteiger partial charge in [-0.05, 0) is 36.8 Å². The second kappa shape index (κ2) is 5.42. The van der Waals surface area contributed by atoms with E-state index in [0.717, 1.165) is 18.2 Å². The van der Waals surface area contributed by atoms with Gasteiger partial charge in [0, 0.05) is 0 Å². The molecule has 0 fully saturated rings. The summed E-state index contributed by atoms with van der Waals surface area (Å²) in [6.07, 6.45) is 0. The van der Waals surface area contributed by atoms with E-state index in [1.807, 2.05) is 0 Å². The Hall–Kier alpha value is -2.59. The lowest BCUT2D eigenvalue weighted by molar-refractivity contribution is 0.599. The Morgan fingerprint density at radius 2 is 2.00 bits per heavy atom. The van der Waals surface area contributed by atoms with Crippen LogP contribution in [0.1, 0.15) is 11.1 Å². The maximum Gasteiger partial charge on any atom is 0.262 e. The molecule has 0 atom stereocenters. The Kier molecular flexibility index (Phi) is 3.82. The number of halogens is 1. The van der Waals surface area contributed by atoms with Crippen LogP contribution in [0.25, 0.3) is 0 Å². The summed E-state index contributed by atoms with van der Waals surface area (Å²) in [5, 5.41) is 8.76. The van der Waals surface area contributed by atoms with Crippen molar-refractivity contribution >= 4 is 21.4 Å². The smallest absolute Gasteiger partial charge is 0.262 e. The average Bonchev–Trinajstić information content (AvgIpc) is 2.43. The molecule has 0 aliphatic rings. The van der Waals surface area contributed by atoms with Crippen molar-refractivity contribution in [1.82, 2.24) is 0 Å². The van der Waals surface area contributed by atoms with Crippen LogP contribution in [0.5, 0.6) is 0 Å². The molecule has 0 unspecified atom stereocenters. The molecule has 0 saturated carbocycles. The minimum Gasteiger partial charge on any atom is -0.397 e. The fourth-order valence-corrected chi connectivity index (χ4v) is 2.97. The zero-order valence-corrected chi connectivity index (χ0v) is 11.9. The van der Waals surface area contributed by atoms with Gasteiger partial charge in [0.1, 0.15) is 11.9 Å². The van der Waals surface area contributed by atoms with Crippen LogP contribution in [0.15, 0.2) is 41.3 Å². The number of benzene rings is 2. The highest BCUT2D eigenvalue weighted by atomic mass is 32.2. The summed E-state index contributed by atoms with van der Waals surface area (Å²) in [5.41, 5.74) is 6.61. The Morgan fingerprint density at radius 3 is 2.62 bits per heavy atom. The molecule has 3 N–H and O–H groups in total. The summed E-state index contributed by atoms with van der Waals surface area (Å²) in [7, 11) is -3.96.